The van der Waals surface area contributed by atoms with Crippen molar-refractivity contribution in [1.82, 2.24) is 24.6 Å². The Morgan fingerprint density at radius 1 is 1.24 bits per heavy atom. The van der Waals surface area contributed by atoms with Gasteiger partial charge in [0.2, 0.25) is 5.95 Å². The smallest absolute Gasteiger partial charge is 0.225 e. The van der Waals surface area contributed by atoms with Crippen LogP contribution in [0.25, 0.3) is 11.1 Å². The highest BCUT2D eigenvalue weighted by Gasteiger charge is 2.31. The highest BCUT2D eigenvalue weighted by molar-refractivity contribution is 6.30. The lowest BCUT2D eigenvalue weighted by Crippen LogP contribution is -2.25. The summed E-state index contributed by atoms with van der Waals surface area (Å²) in [6.07, 6.45) is 6.15. The molecular formula is C22H27ClN6. The molecule has 0 spiro atoms. The fraction of sp³-hybridized carbons (Fsp3) is 0.409. The van der Waals surface area contributed by atoms with E-state index in [1.807, 2.05) is 61.3 Å². The number of rotatable bonds is 5. The average Bonchev–Trinajstić information content (AvgIpc) is 3.29. The van der Waals surface area contributed by atoms with Crippen LogP contribution in [0.1, 0.15) is 35.8 Å². The molecule has 3 heterocycles. The molecule has 0 unspecified atom stereocenters. The first-order valence-electron chi connectivity index (χ1n) is 9.95. The van der Waals surface area contributed by atoms with E-state index in [0.717, 1.165) is 53.7 Å². The summed E-state index contributed by atoms with van der Waals surface area (Å²) in [6, 6.07) is 8.18. The predicted octanol–water partition coefficient (Wildman–Crippen LogP) is 4.24. The van der Waals surface area contributed by atoms with Gasteiger partial charge in [-0.1, -0.05) is 23.7 Å². The van der Waals surface area contributed by atoms with Crippen LogP contribution in [0.5, 0.6) is 0 Å². The van der Waals surface area contributed by atoms with Crippen molar-refractivity contribution < 1.29 is 0 Å². The molecule has 1 fully saturated rings. The molecule has 1 aliphatic rings. The van der Waals surface area contributed by atoms with Crippen LogP contribution in [0, 0.1) is 6.92 Å². The number of aryl methyl sites for hydroxylation is 1. The lowest BCUT2D eigenvalue weighted by Gasteiger charge is -2.26. The zero-order valence-corrected chi connectivity index (χ0v) is 18.2. The van der Waals surface area contributed by atoms with Crippen molar-refractivity contribution in [3.63, 3.8) is 0 Å². The van der Waals surface area contributed by atoms with E-state index in [4.69, 9.17) is 16.6 Å². The van der Waals surface area contributed by atoms with E-state index in [-0.39, 0.29) is 6.04 Å². The van der Waals surface area contributed by atoms with Gasteiger partial charge in [-0.15, -0.1) is 0 Å². The van der Waals surface area contributed by atoms with Gasteiger partial charge in [-0.05, 0) is 44.0 Å². The first-order valence-corrected chi connectivity index (χ1v) is 10.3. The maximum atomic E-state index is 6.28. The number of hydrogen-bond acceptors (Lipinski definition) is 5. The lowest BCUT2D eigenvalue weighted by atomic mass is 9.99. The zero-order valence-electron chi connectivity index (χ0n) is 17.4. The van der Waals surface area contributed by atoms with E-state index >= 15 is 0 Å². The Balaban J connectivity index is 1.75. The van der Waals surface area contributed by atoms with E-state index in [2.05, 4.69) is 28.0 Å². The molecule has 0 saturated carbocycles. The molecule has 152 valence electrons. The fourth-order valence-electron chi connectivity index (χ4n) is 3.98. The topological polar surface area (TPSA) is 50.1 Å². The minimum atomic E-state index is 0.241. The van der Waals surface area contributed by atoms with Crippen molar-refractivity contribution in [1.29, 1.82) is 0 Å². The van der Waals surface area contributed by atoms with Gasteiger partial charge in [0.15, 0.2) is 0 Å². The van der Waals surface area contributed by atoms with Crippen molar-refractivity contribution >= 4 is 17.5 Å². The number of hydrogen-bond donors (Lipinski definition) is 0. The van der Waals surface area contributed by atoms with E-state index in [1.54, 1.807) is 0 Å². The molecule has 3 aromatic rings. The third-order valence-electron chi connectivity index (χ3n) is 5.73. The number of benzene rings is 1. The maximum Gasteiger partial charge on any atom is 0.225 e. The first-order chi connectivity index (χ1) is 13.9. The molecule has 0 amide bonds. The lowest BCUT2D eigenvalue weighted by molar-refractivity contribution is 0.244. The molecule has 7 heteroatoms. The van der Waals surface area contributed by atoms with Crippen LogP contribution in [-0.2, 0) is 13.6 Å². The first kappa shape index (κ1) is 19.9. The van der Waals surface area contributed by atoms with E-state index in [0.29, 0.717) is 0 Å². The predicted molar refractivity (Wildman–Crippen MR) is 117 cm³/mol. The molecule has 1 aliphatic heterocycles. The molecule has 29 heavy (non-hydrogen) atoms. The molecular weight excluding hydrogens is 384 g/mol. The van der Waals surface area contributed by atoms with Gasteiger partial charge in [0.25, 0.3) is 0 Å². The van der Waals surface area contributed by atoms with Gasteiger partial charge < -0.3 is 4.90 Å². The van der Waals surface area contributed by atoms with Gasteiger partial charge in [0.05, 0.1) is 17.9 Å². The van der Waals surface area contributed by atoms with Gasteiger partial charge in [0.1, 0.15) is 0 Å². The van der Waals surface area contributed by atoms with Crippen molar-refractivity contribution in [2.75, 3.05) is 25.5 Å². The van der Waals surface area contributed by atoms with Crippen LogP contribution in [0.3, 0.4) is 0 Å². The van der Waals surface area contributed by atoms with E-state index < -0.39 is 0 Å². The summed E-state index contributed by atoms with van der Waals surface area (Å²) in [5, 5.41) is 5.13. The van der Waals surface area contributed by atoms with Gasteiger partial charge in [-0.2, -0.15) is 5.10 Å². The van der Waals surface area contributed by atoms with Gasteiger partial charge >= 0.3 is 0 Å². The zero-order chi connectivity index (χ0) is 20.5. The number of anilines is 1. The Morgan fingerprint density at radius 2 is 2.07 bits per heavy atom. The Kier molecular flexibility index (Phi) is 5.56. The minimum Gasteiger partial charge on any atom is -0.347 e. The summed E-state index contributed by atoms with van der Waals surface area (Å²) in [5.41, 5.74) is 5.66. The molecule has 2 aromatic heterocycles. The van der Waals surface area contributed by atoms with Crippen molar-refractivity contribution in [3.8, 4) is 11.1 Å². The average molecular weight is 411 g/mol. The summed E-state index contributed by atoms with van der Waals surface area (Å²) in [7, 11) is 5.94. The van der Waals surface area contributed by atoms with E-state index in [1.165, 1.54) is 11.3 Å². The van der Waals surface area contributed by atoms with Crippen LogP contribution >= 0.6 is 11.6 Å². The summed E-state index contributed by atoms with van der Waals surface area (Å²) in [6.45, 7) is 4.05. The highest BCUT2D eigenvalue weighted by atomic mass is 35.5. The molecule has 0 bridgehead atoms. The third-order valence-corrected chi connectivity index (χ3v) is 5.97. The van der Waals surface area contributed by atoms with Crippen molar-refractivity contribution in [2.45, 2.75) is 32.4 Å². The second kappa shape index (κ2) is 8.13. The summed E-state index contributed by atoms with van der Waals surface area (Å²) < 4.78 is 1.94. The number of likely N-dealkylation sites (tertiary alicyclic amines) is 1. The summed E-state index contributed by atoms with van der Waals surface area (Å²) >= 11 is 6.28. The number of halogens is 1. The largest absolute Gasteiger partial charge is 0.347 e. The second-order valence-corrected chi connectivity index (χ2v) is 8.32. The standard InChI is InChI=1S/C22H27ClN6/c1-15-17(12-25-28(15)4)14-29-10-6-9-20(29)21-19(13-24-22(26-21)27(2)3)16-7-5-8-18(23)11-16/h5,7-8,11-13,20H,6,9-10,14H2,1-4H3/t20-/m0/s1. The molecule has 6 nitrogen and oxygen atoms in total. The maximum absolute atomic E-state index is 6.28. The number of aromatic nitrogens is 4. The molecule has 0 aliphatic carbocycles. The SMILES string of the molecule is Cc1c(CN2CCC[C@H]2c2nc(N(C)C)ncc2-c2cccc(Cl)c2)cnn1C. The van der Waals surface area contributed by atoms with Crippen LogP contribution in [0.2, 0.25) is 5.02 Å². The van der Waals surface area contributed by atoms with Crippen LogP contribution in [0.15, 0.2) is 36.7 Å². The van der Waals surface area contributed by atoms with Crippen molar-refractivity contribution in [2.24, 2.45) is 7.05 Å². The quantitative estimate of drug-likeness (QED) is 0.629. The normalized spacial score (nSPS) is 17.1. The second-order valence-electron chi connectivity index (χ2n) is 7.88. The summed E-state index contributed by atoms with van der Waals surface area (Å²) in [5.74, 6) is 0.732. The van der Waals surface area contributed by atoms with Crippen molar-refractivity contribution in [3.05, 3.63) is 58.6 Å². The minimum absolute atomic E-state index is 0.241. The molecule has 1 atom stereocenters. The third kappa shape index (κ3) is 4.00. The molecule has 1 aromatic carbocycles. The van der Waals surface area contributed by atoms with E-state index in [9.17, 15) is 0 Å². The Hall–Kier alpha value is -2.44. The fourth-order valence-corrected chi connectivity index (χ4v) is 4.17. The van der Waals surface area contributed by atoms with Gasteiger partial charge in [-0.3, -0.25) is 9.58 Å². The Morgan fingerprint density at radius 3 is 2.76 bits per heavy atom. The summed E-state index contributed by atoms with van der Waals surface area (Å²) in [4.78, 5) is 14.0. The molecule has 1 saturated heterocycles. The van der Waals surface area contributed by atoms with Gasteiger partial charge in [-0.25, -0.2) is 9.97 Å². The molecule has 0 radical (unpaired) electrons. The van der Waals surface area contributed by atoms with Crippen LogP contribution in [0.4, 0.5) is 5.95 Å². The molecule has 0 N–H and O–H groups in total. The monoisotopic (exact) mass is 410 g/mol. The Labute approximate surface area is 177 Å². The number of nitrogens with zero attached hydrogens (tertiary/aromatic N) is 6. The van der Waals surface area contributed by atoms with Crippen LogP contribution in [-0.4, -0.2) is 45.3 Å². The van der Waals surface area contributed by atoms with Gasteiger partial charge in [0, 0.05) is 55.7 Å². The Bertz CT molecular complexity index is 1010. The molecule has 4 rings (SSSR count). The van der Waals surface area contributed by atoms with Crippen LogP contribution < -0.4 is 4.90 Å². The highest BCUT2D eigenvalue weighted by Crippen LogP contribution is 2.38.